The van der Waals surface area contributed by atoms with Gasteiger partial charge in [0.1, 0.15) is 37.9 Å². The molecule has 2 fully saturated rings. The molecule has 0 bridgehead atoms. The number of likely N-dealkylation sites (tertiary alicyclic amines) is 1. The van der Waals surface area contributed by atoms with E-state index in [0.717, 1.165) is 49.7 Å². The number of ether oxygens (including phenoxy) is 6. The zero-order chi connectivity index (χ0) is 41.3. The van der Waals surface area contributed by atoms with E-state index in [0.29, 0.717) is 70.0 Å². The lowest BCUT2D eigenvalue weighted by molar-refractivity contribution is 0.0678. The van der Waals surface area contributed by atoms with Gasteiger partial charge in [-0.3, -0.25) is 19.4 Å². The summed E-state index contributed by atoms with van der Waals surface area (Å²) in [5, 5.41) is 7.81. The lowest BCUT2D eigenvalue weighted by Gasteiger charge is -2.33. The number of rotatable bonds is 16. The number of Topliss-reactive ketones (excluding diaryl/α,β-unsaturated/α-hetero) is 1. The summed E-state index contributed by atoms with van der Waals surface area (Å²) in [5.41, 5.74) is 3.66. The molecule has 3 heterocycles. The molecule has 0 unspecified atom stereocenters. The summed E-state index contributed by atoms with van der Waals surface area (Å²) in [5.74, 6) is 2.71. The fourth-order valence-corrected chi connectivity index (χ4v) is 7.66. The third-order valence-corrected chi connectivity index (χ3v) is 10.8. The predicted molar refractivity (Wildman–Crippen MR) is 223 cm³/mol. The maximum Gasteiger partial charge on any atom is 0.256 e. The molecule has 7 rings (SSSR count). The van der Waals surface area contributed by atoms with E-state index in [2.05, 4.69) is 0 Å². The Morgan fingerprint density at radius 2 is 1.39 bits per heavy atom. The molecule has 0 saturated carbocycles. The molecule has 0 spiro atoms. The minimum atomic E-state index is -0.213. The van der Waals surface area contributed by atoms with Gasteiger partial charge in [-0.2, -0.15) is 0 Å². The molecule has 13 heteroatoms. The Bertz CT molecular complexity index is 2210. The molecule has 308 valence electrons. The van der Waals surface area contributed by atoms with Gasteiger partial charge in [0.15, 0.2) is 28.8 Å². The Balaban J connectivity index is 1.08. The molecule has 3 aliphatic rings. The topological polar surface area (TPSA) is 149 Å². The monoisotopic (exact) mass is 802 g/mol. The van der Waals surface area contributed by atoms with E-state index >= 15 is 0 Å². The van der Waals surface area contributed by atoms with Crippen molar-refractivity contribution in [2.75, 3.05) is 40.5 Å². The van der Waals surface area contributed by atoms with Crippen molar-refractivity contribution in [3.63, 3.8) is 0 Å². The molecule has 0 radical (unpaired) electrons. The van der Waals surface area contributed by atoms with Crippen LogP contribution in [0.25, 0.3) is 0 Å². The van der Waals surface area contributed by atoms with Gasteiger partial charge in [-0.05, 0) is 123 Å². The molecule has 3 aliphatic heterocycles. The number of piperidine rings is 2. The summed E-state index contributed by atoms with van der Waals surface area (Å²) >= 11 is 0. The Labute approximate surface area is 344 Å². The van der Waals surface area contributed by atoms with Gasteiger partial charge in [0.25, 0.3) is 11.8 Å². The van der Waals surface area contributed by atoms with Crippen molar-refractivity contribution in [2.24, 2.45) is 4.99 Å². The Hall–Kier alpha value is -6.37. The average molecular weight is 803 g/mol. The van der Waals surface area contributed by atoms with Crippen LogP contribution in [0.3, 0.4) is 0 Å². The summed E-state index contributed by atoms with van der Waals surface area (Å²) in [6.07, 6.45) is 8.79. The molecule has 2 amide bonds. The van der Waals surface area contributed by atoms with Crippen LogP contribution in [-0.4, -0.2) is 92.4 Å². The highest BCUT2D eigenvalue weighted by Crippen LogP contribution is 2.39. The van der Waals surface area contributed by atoms with Crippen molar-refractivity contribution < 1.29 is 42.8 Å². The zero-order valence-electron chi connectivity index (χ0n) is 33.7. The number of amides is 2. The highest BCUT2D eigenvalue weighted by atomic mass is 16.5. The zero-order valence-corrected chi connectivity index (χ0v) is 33.7. The van der Waals surface area contributed by atoms with Gasteiger partial charge in [-0.25, -0.2) is 0 Å². The van der Waals surface area contributed by atoms with Crippen molar-refractivity contribution in [1.29, 1.82) is 5.41 Å². The van der Waals surface area contributed by atoms with Crippen LogP contribution in [-0.2, 0) is 13.2 Å². The number of nitrogens with one attached hydrogen (secondary N) is 1. The van der Waals surface area contributed by atoms with Crippen LogP contribution < -0.4 is 28.4 Å². The number of nitrogens with zero attached hydrogens (tertiary/aromatic N) is 3. The number of methoxy groups -OCH3 is 2. The minimum Gasteiger partial charge on any atom is -0.493 e. The standard InChI is InChI=1S/C46H50N4O9/c1-30(51)33-10-13-37(14-11-33)56-18-19-57-38-21-31(28-58-41-15-12-34(23-42(41)54-2)45(52)49-16-6-4-8-35(49)26-47)20-32(22-38)29-59-44-25-40-39(24-43(44)55-3)46(53)50-17-7-5-9-36(50)27-48-40/h10-15,20-27,35-36,47H,4-9,16-19,28-29H2,1-3H3/t35-,36-/m0/s1. The minimum absolute atomic E-state index is 0.0143. The Morgan fingerprint density at radius 3 is 2.10 bits per heavy atom. The third-order valence-electron chi connectivity index (χ3n) is 10.8. The fraction of sp³-hybridized carbons (Fsp3) is 0.370. The van der Waals surface area contributed by atoms with Crippen LogP contribution in [0.5, 0.6) is 34.5 Å². The van der Waals surface area contributed by atoms with Crippen LogP contribution in [0, 0.1) is 5.41 Å². The SMILES string of the molecule is COc1cc(C(=O)N2CCCC[C@H]2C=N)ccc1OCc1cc(COc2cc3c(cc2OC)C(=O)N2CCCC[C@H]2C=N3)cc(OCCOc2ccc(C(C)=O)cc2)c1. The number of hydrogen-bond donors (Lipinski definition) is 1. The Kier molecular flexibility index (Phi) is 13.1. The first-order valence-electron chi connectivity index (χ1n) is 20.1. The van der Waals surface area contributed by atoms with Gasteiger partial charge in [-0.1, -0.05) is 0 Å². The second-order valence-electron chi connectivity index (χ2n) is 14.8. The van der Waals surface area contributed by atoms with Crippen LogP contribution in [0.2, 0.25) is 0 Å². The second-order valence-corrected chi connectivity index (χ2v) is 14.8. The highest BCUT2D eigenvalue weighted by Gasteiger charge is 2.31. The van der Waals surface area contributed by atoms with Crippen LogP contribution in [0.1, 0.15) is 87.6 Å². The molecule has 2 saturated heterocycles. The summed E-state index contributed by atoms with van der Waals surface area (Å²) in [7, 11) is 3.08. The molecule has 0 aromatic heterocycles. The van der Waals surface area contributed by atoms with Gasteiger partial charge in [-0.15, -0.1) is 0 Å². The van der Waals surface area contributed by atoms with Crippen LogP contribution >= 0.6 is 0 Å². The number of fused-ring (bicyclic) bond motifs is 2. The smallest absolute Gasteiger partial charge is 0.256 e. The number of benzene rings is 4. The summed E-state index contributed by atoms with van der Waals surface area (Å²) < 4.78 is 36.0. The van der Waals surface area contributed by atoms with Gasteiger partial charge >= 0.3 is 0 Å². The quantitative estimate of drug-likeness (QED) is 0.0679. The molecule has 2 atom stereocenters. The van der Waals surface area contributed by atoms with Crippen molar-refractivity contribution in [3.8, 4) is 34.5 Å². The van der Waals surface area contributed by atoms with E-state index in [-0.39, 0.29) is 56.1 Å². The van der Waals surface area contributed by atoms with E-state index in [1.807, 2.05) is 29.3 Å². The summed E-state index contributed by atoms with van der Waals surface area (Å²) in [6, 6.07) is 21.0. The third kappa shape index (κ3) is 9.68. The fourth-order valence-electron chi connectivity index (χ4n) is 7.66. The summed E-state index contributed by atoms with van der Waals surface area (Å²) in [6.45, 7) is 3.60. The number of aliphatic imine (C=N–C) groups is 1. The molecular weight excluding hydrogens is 753 g/mol. The normalized spacial score (nSPS) is 17.2. The first-order chi connectivity index (χ1) is 28.7. The number of ketones is 1. The van der Waals surface area contributed by atoms with Crippen molar-refractivity contribution >= 4 is 35.7 Å². The number of hydrogen-bond acceptors (Lipinski definition) is 11. The first kappa shape index (κ1) is 40.8. The summed E-state index contributed by atoms with van der Waals surface area (Å²) in [4.78, 5) is 47.0. The van der Waals surface area contributed by atoms with Gasteiger partial charge in [0.05, 0.1) is 37.6 Å². The molecular formula is C46H50N4O9. The van der Waals surface area contributed by atoms with E-state index in [1.54, 1.807) is 66.6 Å². The van der Waals surface area contributed by atoms with Gasteiger partial charge in [0, 0.05) is 42.7 Å². The second kappa shape index (κ2) is 18.9. The van der Waals surface area contributed by atoms with Crippen molar-refractivity contribution in [1.82, 2.24) is 9.80 Å². The first-order valence-corrected chi connectivity index (χ1v) is 20.1. The maximum absolute atomic E-state index is 13.5. The lowest BCUT2D eigenvalue weighted by Crippen LogP contribution is -2.44. The van der Waals surface area contributed by atoms with Gasteiger partial charge in [0.2, 0.25) is 0 Å². The average Bonchev–Trinajstić information content (AvgIpc) is 3.41. The lowest BCUT2D eigenvalue weighted by atomic mass is 10.0. The molecule has 4 aromatic rings. The van der Waals surface area contributed by atoms with E-state index in [4.69, 9.17) is 38.8 Å². The largest absolute Gasteiger partial charge is 0.493 e. The highest BCUT2D eigenvalue weighted by molar-refractivity contribution is 6.03. The molecule has 13 nitrogen and oxygen atoms in total. The molecule has 1 N–H and O–H groups in total. The maximum atomic E-state index is 13.5. The molecule has 59 heavy (non-hydrogen) atoms. The molecule has 4 aromatic carbocycles. The van der Waals surface area contributed by atoms with Gasteiger partial charge < -0.3 is 43.6 Å². The van der Waals surface area contributed by atoms with Crippen LogP contribution in [0.15, 0.2) is 77.8 Å². The number of carbonyl (C=O) groups is 3. The van der Waals surface area contributed by atoms with E-state index in [9.17, 15) is 14.4 Å². The van der Waals surface area contributed by atoms with E-state index in [1.165, 1.54) is 20.2 Å². The number of carbonyl (C=O) groups excluding carboxylic acids is 3. The van der Waals surface area contributed by atoms with Crippen LogP contribution in [0.4, 0.5) is 5.69 Å². The van der Waals surface area contributed by atoms with Crippen molar-refractivity contribution in [3.05, 3.63) is 101 Å². The van der Waals surface area contributed by atoms with Crippen molar-refractivity contribution in [2.45, 2.75) is 70.7 Å². The van der Waals surface area contributed by atoms with E-state index < -0.39 is 0 Å². The predicted octanol–water partition coefficient (Wildman–Crippen LogP) is 7.88. The molecule has 0 aliphatic carbocycles. The Morgan fingerprint density at radius 1 is 0.729 bits per heavy atom.